The summed E-state index contributed by atoms with van der Waals surface area (Å²) in [6.45, 7) is 0. The number of halogens is 4. The third-order valence-electron chi connectivity index (χ3n) is 2.98. The largest absolute Gasteiger partial charge is 0.481 e. The minimum Gasteiger partial charge on any atom is -0.481 e. The molecule has 0 spiro atoms. The summed E-state index contributed by atoms with van der Waals surface area (Å²) >= 11 is 0. The van der Waals surface area contributed by atoms with Gasteiger partial charge < -0.3 is 5.11 Å². The SMILES string of the molecule is O=C(O)C1(c2ccc(F)cc2F)CC(F)(F)C1. The molecule has 1 fully saturated rings. The molecule has 0 saturated heterocycles. The van der Waals surface area contributed by atoms with Gasteiger partial charge in [0.1, 0.15) is 17.0 Å². The summed E-state index contributed by atoms with van der Waals surface area (Å²) < 4.78 is 51.8. The zero-order chi connectivity index (χ0) is 12.8. The maximum atomic E-state index is 13.4. The van der Waals surface area contributed by atoms with Gasteiger partial charge in [-0.25, -0.2) is 17.6 Å². The molecule has 1 aliphatic carbocycles. The molecule has 1 aliphatic rings. The summed E-state index contributed by atoms with van der Waals surface area (Å²) in [5.41, 5.74) is -2.33. The fourth-order valence-corrected chi connectivity index (χ4v) is 2.17. The van der Waals surface area contributed by atoms with Gasteiger partial charge in [0.05, 0.1) is 0 Å². The Balaban J connectivity index is 2.46. The zero-order valence-electron chi connectivity index (χ0n) is 8.51. The molecule has 1 N–H and O–H groups in total. The molecular weight excluding hydrogens is 240 g/mol. The Labute approximate surface area is 93.9 Å². The highest BCUT2D eigenvalue weighted by atomic mass is 19.3. The Bertz CT molecular complexity index is 476. The maximum absolute atomic E-state index is 13.4. The van der Waals surface area contributed by atoms with Crippen molar-refractivity contribution in [3.8, 4) is 0 Å². The Kier molecular flexibility index (Phi) is 2.41. The number of rotatable bonds is 2. The minimum atomic E-state index is -3.11. The van der Waals surface area contributed by atoms with Crippen LogP contribution in [0.2, 0.25) is 0 Å². The number of alkyl halides is 2. The van der Waals surface area contributed by atoms with Gasteiger partial charge in [-0.3, -0.25) is 4.79 Å². The Morgan fingerprint density at radius 3 is 2.24 bits per heavy atom. The van der Waals surface area contributed by atoms with E-state index in [1.807, 2.05) is 0 Å². The molecule has 1 aromatic carbocycles. The summed E-state index contributed by atoms with van der Waals surface area (Å²) in [6, 6.07) is 2.27. The van der Waals surface area contributed by atoms with Crippen molar-refractivity contribution >= 4 is 5.97 Å². The van der Waals surface area contributed by atoms with E-state index >= 15 is 0 Å². The van der Waals surface area contributed by atoms with E-state index in [1.54, 1.807) is 0 Å². The topological polar surface area (TPSA) is 37.3 Å². The lowest BCUT2D eigenvalue weighted by atomic mass is 9.62. The van der Waals surface area contributed by atoms with E-state index in [2.05, 4.69) is 0 Å². The molecule has 0 aliphatic heterocycles. The smallest absolute Gasteiger partial charge is 0.314 e. The first-order valence-corrected chi connectivity index (χ1v) is 4.84. The van der Waals surface area contributed by atoms with E-state index in [1.165, 1.54) is 0 Å². The monoisotopic (exact) mass is 248 g/mol. The predicted octanol–water partition coefficient (Wildman–Crippen LogP) is 2.72. The van der Waals surface area contributed by atoms with Gasteiger partial charge in [0.15, 0.2) is 0 Å². The van der Waals surface area contributed by atoms with Crippen LogP contribution in [0.3, 0.4) is 0 Å². The van der Waals surface area contributed by atoms with Crippen molar-refractivity contribution in [1.29, 1.82) is 0 Å². The average molecular weight is 248 g/mol. The molecule has 0 unspecified atom stereocenters. The molecule has 17 heavy (non-hydrogen) atoms. The molecule has 0 radical (unpaired) electrons. The van der Waals surface area contributed by atoms with Gasteiger partial charge in [-0.15, -0.1) is 0 Å². The molecule has 2 rings (SSSR count). The quantitative estimate of drug-likeness (QED) is 0.817. The highest BCUT2D eigenvalue weighted by Crippen LogP contribution is 2.54. The molecule has 1 aromatic rings. The third-order valence-corrected chi connectivity index (χ3v) is 2.98. The molecule has 0 aromatic heterocycles. The second-order valence-corrected chi connectivity index (χ2v) is 4.22. The molecular formula is C11H8F4O2. The van der Waals surface area contributed by atoms with Crippen molar-refractivity contribution in [2.75, 3.05) is 0 Å². The highest BCUT2D eigenvalue weighted by molar-refractivity contribution is 5.83. The number of carboxylic acids is 1. The Hall–Kier alpha value is -1.59. The second-order valence-electron chi connectivity index (χ2n) is 4.22. The van der Waals surface area contributed by atoms with Gasteiger partial charge in [-0.1, -0.05) is 6.07 Å². The van der Waals surface area contributed by atoms with Crippen LogP contribution in [0.25, 0.3) is 0 Å². The van der Waals surface area contributed by atoms with Gasteiger partial charge in [-0.05, 0) is 6.07 Å². The first-order chi connectivity index (χ1) is 7.77. The van der Waals surface area contributed by atoms with Crippen LogP contribution in [0.1, 0.15) is 18.4 Å². The van der Waals surface area contributed by atoms with Gasteiger partial charge in [0, 0.05) is 24.5 Å². The van der Waals surface area contributed by atoms with Crippen LogP contribution in [-0.2, 0) is 10.2 Å². The third kappa shape index (κ3) is 1.77. The number of aliphatic carboxylic acids is 1. The van der Waals surface area contributed by atoms with Crippen molar-refractivity contribution in [3.05, 3.63) is 35.4 Å². The van der Waals surface area contributed by atoms with E-state index in [-0.39, 0.29) is 0 Å². The molecule has 92 valence electrons. The summed E-state index contributed by atoms with van der Waals surface area (Å²) in [5, 5.41) is 8.97. The minimum absolute atomic E-state index is 0.391. The molecule has 0 amide bonds. The van der Waals surface area contributed by atoms with E-state index in [9.17, 15) is 22.4 Å². The Morgan fingerprint density at radius 2 is 1.82 bits per heavy atom. The number of hydrogen-bond acceptors (Lipinski definition) is 1. The second kappa shape index (κ2) is 3.45. The average Bonchev–Trinajstić information content (AvgIpc) is 2.13. The van der Waals surface area contributed by atoms with Crippen molar-refractivity contribution in [3.63, 3.8) is 0 Å². The van der Waals surface area contributed by atoms with Crippen LogP contribution in [0.15, 0.2) is 18.2 Å². The predicted molar refractivity (Wildman–Crippen MR) is 49.9 cm³/mol. The zero-order valence-corrected chi connectivity index (χ0v) is 8.51. The fourth-order valence-electron chi connectivity index (χ4n) is 2.17. The van der Waals surface area contributed by atoms with Gasteiger partial charge in [0.25, 0.3) is 5.92 Å². The van der Waals surface area contributed by atoms with Crippen molar-refractivity contribution in [2.45, 2.75) is 24.2 Å². The highest BCUT2D eigenvalue weighted by Gasteiger charge is 2.62. The number of benzene rings is 1. The molecule has 0 bridgehead atoms. The number of carbonyl (C=O) groups is 1. The molecule has 2 nitrogen and oxygen atoms in total. The van der Waals surface area contributed by atoms with E-state index < -0.39 is 47.3 Å². The van der Waals surface area contributed by atoms with E-state index in [4.69, 9.17) is 5.11 Å². The lowest BCUT2D eigenvalue weighted by Crippen LogP contribution is -2.54. The van der Waals surface area contributed by atoms with E-state index in [0.717, 1.165) is 12.1 Å². The van der Waals surface area contributed by atoms with Crippen LogP contribution >= 0.6 is 0 Å². The normalized spacial score (nSPS) is 20.7. The molecule has 6 heteroatoms. The van der Waals surface area contributed by atoms with Crippen LogP contribution in [0.5, 0.6) is 0 Å². The van der Waals surface area contributed by atoms with Crippen LogP contribution in [0, 0.1) is 11.6 Å². The number of carboxylic acid groups (broad SMARTS) is 1. The standard InChI is InChI=1S/C11H8F4O2/c12-6-1-2-7(8(13)3-6)10(9(16)17)4-11(14,15)5-10/h1-3H,4-5H2,(H,16,17). The van der Waals surface area contributed by atoms with E-state index in [0.29, 0.717) is 6.07 Å². The summed E-state index contributed by atoms with van der Waals surface area (Å²) in [5.74, 6) is -6.62. The lowest BCUT2D eigenvalue weighted by molar-refractivity contribution is -0.174. The van der Waals surface area contributed by atoms with Crippen molar-refractivity contribution < 1.29 is 27.5 Å². The molecule has 0 atom stereocenters. The maximum Gasteiger partial charge on any atom is 0.314 e. The Morgan fingerprint density at radius 1 is 1.24 bits per heavy atom. The summed E-state index contributed by atoms with van der Waals surface area (Å²) in [7, 11) is 0. The van der Waals surface area contributed by atoms with Crippen molar-refractivity contribution in [1.82, 2.24) is 0 Å². The molecule has 1 saturated carbocycles. The van der Waals surface area contributed by atoms with Crippen molar-refractivity contribution in [2.24, 2.45) is 0 Å². The fraction of sp³-hybridized carbons (Fsp3) is 0.364. The summed E-state index contributed by atoms with van der Waals surface area (Å²) in [6.07, 6.45) is -1.92. The van der Waals surface area contributed by atoms with Gasteiger partial charge in [-0.2, -0.15) is 0 Å². The van der Waals surface area contributed by atoms with Crippen LogP contribution < -0.4 is 0 Å². The van der Waals surface area contributed by atoms with Crippen LogP contribution in [0.4, 0.5) is 17.6 Å². The molecule has 0 heterocycles. The van der Waals surface area contributed by atoms with Gasteiger partial charge in [0.2, 0.25) is 0 Å². The van der Waals surface area contributed by atoms with Crippen LogP contribution in [-0.4, -0.2) is 17.0 Å². The number of hydrogen-bond donors (Lipinski definition) is 1. The lowest BCUT2D eigenvalue weighted by Gasteiger charge is -2.44. The first-order valence-electron chi connectivity index (χ1n) is 4.84. The first kappa shape index (κ1) is 11.9. The van der Waals surface area contributed by atoms with Gasteiger partial charge >= 0.3 is 5.97 Å². The summed E-state index contributed by atoms with van der Waals surface area (Å²) in [4.78, 5) is 11.0.